The summed E-state index contributed by atoms with van der Waals surface area (Å²) >= 11 is 0. The van der Waals surface area contributed by atoms with Crippen LogP contribution in [0.15, 0.2) is 24.3 Å². The molecule has 1 aromatic heterocycles. The summed E-state index contributed by atoms with van der Waals surface area (Å²) in [5, 5.41) is 11.9. The fourth-order valence-electron chi connectivity index (χ4n) is 1.90. The average Bonchev–Trinajstić information content (AvgIpc) is 2.43. The smallest absolute Gasteiger partial charge is 0.306 e. The van der Waals surface area contributed by atoms with Crippen LogP contribution in [0.1, 0.15) is 12.1 Å². The number of fused-ring (bicyclic) bond motifs is 1. The lowest BCUT2D eigenvalue weighted by molar-refractivity contribution is -0.139. The summed E-state index contributed by atoms with van der Waals surface area (Å²) in [6, 6.07) is 7.61. The van der Waals surface area contributed by atoms with Crippen LogP contribution in [-0.4, -0.2) is 40.8 Å². The molecule has 0 saturated heterocycles. The first kappa shape index (κ1) is 14.2. The predicted molar refractivity (Wildman–Crippen MR) is 75.8 cm³/mol. The zero-order valence-electron chi connectivity index (χ0n) is 11.5. The van der Waals surface area contributed by atoms with Crippen molar-refractivity contribution in [1.29, 1.82) is 0 Å². The lowest BCUT2D eigenvalue weighted by Crippen LogP contribution is -2.25. The van der Waals surface area contributed by atoms with Gasteiger partial charge >= 0.3 is 5.97 Å². The highest BCUT2D eigenvalue weighted by atomic mass is 16.5. The molecular formula is C14H17N3O3. The summed E-state index contributed by atoms with van der Waals surface area (Å²) in [6.45, 7) is 2.23. The third-order valence-electron chi connectivity index (χ3n) is 2.98. The first-order chi connectivity index (χ1) is 9.60. The van der Waals surface area contributed by atoms with E-state index >= 15 is 0 Å². The Labute approximate surface area is 116 Å². The molecule has 0 radical (unpaired) electrons. The summed E-state index contributed by atoms with van der Waals surface area (Å²) in [7, 11) is 1.49. The Hall–Kier alpha value is -2.21. The number of hydrogen-bond acceptors (Lipinski definition) is 5. The molecule has 1 heterocycles. The molecule has 6 nitrogen and oxygen atoms in total. The van der Waals surface area contributed by atoms with E-state index in [1.54, 1.807) is 0 Å². The number of ether oxygens (including phenoxy) is 1. The molecule has 0 aliphatic carbocycles. The van der Waals surface area contributed by atoms with Crippen LogP contribution in [-0.2, 0) is 9.53 Å². The summed E-state index contributed by atoms with van der Waals surface area (Å²) in [6.07, 6.45) is -0.455. The van der Waals surface area contributed by atoms with Gasteiger partial charge in [-0.3, -0.25) is 4.79 Å². The fraction of sp³-hybridized carbons (Fsp3) is 0.357. The van der Waals surface area contributed by atoms with Crippen LogP contribution in [0.25, 0.3) is 11.0 Å². The molecule has 1 unspecified atom stereocenters. The van der Waals surface area contributed by atoms with E-state index in [0.717, 1.165) is 16.7 Å². The number of hydrogen-bond donors (Lipinski definition) is 2. The van der Waals surface area contributed by atoms with Crippen molar-refractivity contribution in [3.05, 3.63) is 30.0 Å². The van der Waals surface area contributed by atoms with E-state index < -0.39 is 12.1 Å². The second-order valence-corrected chi connectivity index (χ2v) is 4.48. The largest absolute Gasteiger partial charge is 0.481 e. The number of nitrogens with one attached hydrogen (secondary N) is 1. The molecule has 1 aromatic carbocycles. The first-order valence-corrected chi connectivity index (χ1v) is 6.32. The first-order valence-electron chi connectivity index (χ1n) is 6.32. The number of aromatic nitrogens is 2. The van der Waals surface area contributed by atoms with Gasteiger partial charge in [0.15, 0.2) is 0 Å². The zero-order valence-corrected chi connectivity index (χ0v) is 11.5. The standard InChI is InChI=1S/C14H17N3O3/c1-9-14(15-8-10(20-2)7-13(18)19)17-12-6-4-3-5-11(12)16-9/h3-6,10H,7-8H2,1-2H3,(H,15,17)(H,18,19). The molecule has 106 valence electrons. The van der Waals surface area contributed by atoms with Crippen LogP contribution in [0.4, 0.5) is 5.82 Å². The van der Waals surface area contributed by atoms with Gasteiger partial charge < -0.3 is 15.2 Å². The number of carboxylic acids is 1. The minimum Gasteiger partial charge on any atom is -0.481 e. The summed E-state index contributed by atoms with van der Waals surface area (Å²) in [5.41, 5.74) is 2.41. The van der Waals surface area contributed by atoms with Crippen LogP contribution < -0.4 is 5.32 Å². The van der Waals surface area contributed by atoms with Crippen molar-refractivity contribution >= 4 is 22.8 Å². The van der Waals surface area contributed by atoms with Gasteiger partial charge in [0.25, 0.3) is 0 Å². The van der Waals surface area contributed by atoms with E-state index in [1.807, 2.05) is 31.2 Å². The van der Waals surface area contributed by atoms with Crippen LogP contribution in [0.5, 0.6) is 0 Å². The number of methoxy groups -OCH3 is 1. The van der Waals surface area contributed by atoms with E-state index in [-0.39, 0.29) is 6.42 Å². The molecule has 2 rings (SSSR count). The highest BCUT2D eigenvalue weighted by Crippen LogP contribution is 2.16. The highest BCUT2D eigenvalue weighted by molar-refractivity contribution is 5.76. The van der Waals surface area contributed by atoms with E-state index in [0.29, 0.717) is 12.4 Å². The zero-order chi connectivity index (χ0) is 14.5. The van der Waals surface area contributed by atoms with Crippen LogP contribution >= 0.6 is 0 Å². The number of benzene rings is 1. The summed E-state index contributed by atoms with van der Waals surface area (Å²) < 4.78 is 5.12. The average molecular weight is 275 g/mol. The SMILES string of the molecule is COC(CNc1nc2ccccc2nc1C)CC(=O)O. The Morgan fingerprint density at radius 3 is 2.60 bits per heavy atom. The van der Waals surface area contributed by atoms with Crippen LogP contribution in [0.2, 0.25) is 0 Å². The monoisotopic (exact) mass is 275 g/mol. The number of carboxylic acid groups (broad SMARTS) is 1. The number of aryl methyl sites for hydroxylation is 1. The van der Waals surface area contributed by atoms with E-state index in [4.69, 9.17) is 9.84 Å². The molecule has 0 spiro atoms. The number of rotatable bonds is 6. The molecule has 20 heavy (non-hydrogen) atoms. The Balaban J connectivity index is 2.12. The van der Waals surface area contributed by atoms with Gasteiger partial charge in [0.2, 0.25) is 0 Å². The maximum atomic E-state index is 10.7. The van der Waals surface area contributed by atoms with Crippen LogP contribution in [0, 0.1) is 6.92 Å². The highest BCUT2D eigenvalue weighted by Gasteiger charge is 2.13. The van der Waals surface area contributed by atoms with Gasteiger partial charge in [-0.2, -0.15) is 0 Å². The Morgan fingerprint density at radius 1 is 1.35 bits per heavy atom. The molecule has 0 aliphatic rings. The van der Waals surface area contributed by atoms with Crippen molar-refractivity contribution in [2.24, 2.45) is 0 Å². The molecule has 0 saturated carbocycles. The van der Waals surface area contributed by atoms with Crippen molar-refractivity contribution in [3.8, 4) is 0 Å². The molecule has 2 aromatic rings. The topological polar surface area (TPSA) is 84.3 Å². The quantitative estimate of drug-likeness (QED) is 0.836. The maximum Gasteiger partial charge on any atom is 0.306 e. The number of para-hydroxylation sites is 2. The van der Waals surface area contributed by atoms with Crippen molar-refractivity contribution in [3.63, 3.8) is 0 Å². The molecule has 0 fully saturated rings. The molecule has 6 heteroatoms. The second-order valence-electron chi connectivity index (χ2n) is 4.48. The van der Waals surface area contributed by atoms with Crippen LogP contribution in [0.3, 0.4) is 0 Å². The van der Waals surface area contributed by atoms with Crippen molar-refractivity contribution in [2.45, 2.75) is 19.4 Å². The van der Waals surface area contributed by atoms with Crippen molar-refractivity contribution in [2.75, 3.05) is 19.0 Å². The van der Waals surface area contributed by atoms with Gasteiger partial charge in [0.05, 0.1) is 29.3 Å². The van der Waals surface area contributed by atoms with E-state index in [1.165, 1.54) is 7.11 Å². The van der Waals surface area contributed by atoms with Crippen molar-refractivity contribution in [1.82, 2.24) is 9.97 Å². The minimum atomic E-state index is -0.889. The Kier molecular flexibility index (Phi) is 4.47. The molecule has 0 amide bonds. The van der Waals surface area contributed by atoms with Gasteiger partial charge in [0.1, 0.15) is 5.82 Å². The van der Waals surface area contributed by atoms with Gasteiger partial charge in [-0.25, -0.2) is 9.97 Å². The third-order valence-corrected chi connectivity index (χ3v) is 2.98. The maximum absolute atomic E-state index is 10.7. The Morgan fingerprint density at radius 2 is 2.00 bits per heavy atom. The lowest BCUT2D eigenvalue weighted by Gasteiger charge is -2.15. The minimum absolute atomic E-state index is 0.0520. The van der Waals surface area contributed by atoms with Gasteiger partial charge in [-0.05, 0) is 19.1 Å². The molecule has 0 aliphatic heterocycles. The lowest BCUT2D eigenvalue weighted by atomic mass is 10.2. The van der Waals surface area contributed by atoms with E-state index in [9.17, 15) is 4.79 Å². The Bertz CT molecular complexity index is 616. The number of aliphatic carboxylic acids is 1. The van der Waals surface area contributed by atoms with Gasteiger partial charge in [-0.1, -0.05) is 12.1 Å². The molecular weight excluding hydrogens is 258 g/mol. The molecule has 2 N–H and O–H groups in total. The fourth-order valence-corrected chi connectivity index (χ4v) is 1.90. The molecule has 1 atom stereocenters. The molecule has 0 bridgehead atoms. The van der Waals surface area contributed by atoms with Crippen molar-refractivity contribution < 1.29 is 14.6 Å². The number of carbonyl (C=O) groups is 1. The summed E-state index contributed by atoms with van der Waals surface area (Å²) in [5.74, 6) is -0.240. The van der Waals surface area contributed by atoms with Gasteiger partial charge in [-0.15, -0.1) is 0 Å². The summed E-state index contributed by atoms with van der Waals surface area (Å²) in [4.78, 5) is 19.6. The van der Waals surface area contributed by atoms with Gasteiger partial charge in [0, 0.05) is 13.7 Å². The van der Waals surface area contributed by atoms with E-state index in [2.05, 4.69) is 15.3 Å². The number of nitrogens with zero attached hydrogens (tertiary/aromatic N) is 2. The number of anilines is 1. The normalized spacial score (nSPS) is 12.3. The predicted octanol–water partition coefficient (Wildman–Crippen LogP) is 1.84. The third kappa shape index (κ3) is 3.42. The second kappa shape index (κ2) is 6.29.